The minimum atomic E-state index is 0.184. The zero-order chi connectivity index (χ0) is 12.8. The molecule has 0 bridgehead atoms. The van der Waals surface area contributed by atoms with Gasteiger partial charge in [-0.1, -0.05) is 31.1 Å². The monoisotopic (exact) mass is 236 g/mol. The molecule has 17 heavy (non-hydrogen) atoms. The highest BCUT2D eigenvalue weighted by Crippen LogP contribution is 2.27. The molecule has 0 aliphatic heterocycles. The first-order chi connectivity index (χ1) is 8.04. The first-order valence-corrected chi connectivity index (χ1v) is 5.74. The Kier molecular flexibility index (Phi) is 4.82. The highest BCUT2D eigenvalue weighted by molar-refractivity contribution is 5.79. The molecule has 94 valence electrons. The molecule has 0 atom stereocenters. The average Bonchev–Trinajstić information content (AvgIpc) is 2.28. The standard InChI is InChI=1S/C13H20N2O2/c1-9(2)11-5-4-10(3)8-12(11)17-7-6-13(14)15-16/h4-5,8-9,16H,6-7H2,1-3H3,(H2,14,15). The lowest BCUT2D eigenvalue weighted by Crippen LogP contribution is -2.15. The van der Waals surface area contributed by atoms with Crippen molar-refractivity contribution in [1.82, 2.24) is 0 Å². The first kappa shape index (κ1) is 13.4. The predicted molar refractivity (Wildman–Crippen MR) is 68.8 cm³/mol. The fourth-order valence-electron chi connectivity index (χ4n) is 1.56. The molecule has 0 aromatic heterocycles. The van der Waals surface area contributed by atoms with E-state index in [0.29, 0.717) is 18.9 Å². The molecule has 1 aromatic carbocycles. The number of benzene rings is 1. The third-order valence-electron chi connectivity index (χ3n) is 2.54. The average molecular weight is 236 g/mol. The number of hydrogen-bond acceptors (Lipinski definition) is 3. The second kappa shape index (κ2) is 6.13. The first-order valence-electron chi connectivity index (χ1n) is 5.74. The molecule has 3 N–H and O–H groups in total. The van der Waals surface area contributed by atoms with E-state index in [0.717, 1.165) is 11.3 Å². The summed E-state index contributed by atoms with van der Waals surface area (Å²) in [6.45, 7) is 6.70. The van der Waals surface area contributed by atoms with Gasteiger partial charge in [0.1, 0.15) is 11.6 Å². The fourth-order valence-corrected chi connectivity index (χ4v) is 1.56. The van der Waals surface area contributed by atoms with Crippen LogP contribution in [0.1, 0.15) is 37.3 Å². The van der Waals surface area contributed by atoms with Gasteiger partial charge in [0, 0.05) is 6.42 Å². The molecule has 0 saturated carbocycles. The van der Waals surface area contributed by atoms with E-state index in [9.17, 15) is 0 Å². The zero-order valence-corrected chi connectivity index (χ0v) is 10.6. The molecule has 1 aromatic rings. The normalized spacial score (nSPS) is 11.9. The van der Waals surface area contributed by atoms with Gasteiger partial charge in [-0.25, -0.2) is 0 Å². The highest BCUT2D eigenvalue weighted by atomic mass is 16.5. The number of nitrogens with zero attached hydrogens (tertiary/aromatic N) is 1. The molecule has 0 heterocycles. The van der Waals surface area contributed by atoms with Crippen LogP contribution in [0.4, 0.5) is 0 Å². The Hall–Kier alpha value is -1.71. The van der Waals surface area contributed by atoms with Crippen molar-refractivity contribution in [3.05, 3.63) is 29.3 Å². The third kappa shape index (κ3) is 3.98. The minimum absolute atomic E-state index is 0.184. The van der Waals surface area contributed by atoms with Gasteiger partial charge in [0.15, 0.2) is 0 Å². The predicted octanol–water partition coefficient (Wildman–Crippen LogP) is 2.63. The summed E-state index contributed by atoms with van der Waals surface area (Å²) < 4.78 is 5.68. The second-order valence-corrected chi connectivity index (χ2v) is 4.39. The van der Waals surface area contributed by atoms with Crippen LogP contribution in [0.5, 0.6) is 5.75 Å². The second-order valence-electron chi connectivity index (χ2n) is 4.39. The van der Waals surface area contributed by atoms with Crippen molar-refractivity contribution in [2.75, 3.05) is 6.61 Å². The minimum Gasteiger partial charge on any atom is -0.493 e. The summed E-state index contributed by atoms with van der Waals surface area (Å²) in [4.78, 5) is 0. The van der Waals surface area contributed by atoms with Crippen molar-refractivity contribution in [2.24, 2.45) is 10.9 Å². The molecule has 0 aliphatic rings. The van der Waals surface area contributed by atoms with E-state index in [1.54, 1.807) is 0 Å². The highest BCUT2D eigenvalue weighted by Gasteiger charge is 2.08. The van der Waals surface area contributed by atoms with Gasteiger partial charge in [0.05, 0.1) is 6.61 Å². The Bertz CT molecular complexity index is 400. The van der Waals surface area contributed by atoms with Crippen LogP contribution in [0.25, 0.3) is 0 Å². The van der Waals surface area contributed by atoms with Crippen LogP contribution >= 0.6 is 0 Å². The topological polar surface area (TPSA) is 67.8 Å². The number of amidine groups is 1. The molecule has 0 radical (unpaired) electrons. The van der Waals surface area contributed by atoms with E-state index in [4.69, 9.17) is 15.7 Å². The Morgan fingerprint density at radius 2 is 2.18 bits per heavy atom. The summed E-state index contributed by atoms with van der Waals surface area (Å²) in [5.74, 6) is 1.48. The maximum atomic E-state index is 8.43. The number of nitrogens with two attached hydrogens (primary N) is 1. The van der Waals surface area contributed by atoms with Crippen LogP contribution in [-0.2, 0) is 0 Å². The molecule has 0 saturated heterocycles. The third-order valence-corrected chi connectivity index (χ3v) is 2.54. The Labute approximate surface area is 102 Å². The maximum Gasteiger partial charge on any atom is 0.142 e. The molecule has 0 unspecified atom stereocenters. The summed E-state index contributed by atoms with van der Waals surface area (Å²) >= 11 is 0. The molecule has 1 rings (SSSR count). The van der Waals surface area contributed by atoms with Crippen molar-refractivity contribution in [1.29, 1.82) is 0 Å². The summed E-state index contributed by atoms with van der Waals surface area (Å²) in [6.07, 6.45) is 0.419. The number of ether oxygens (including phenoxy) is 1. The van der Waals surface area contributed by atoms with E-state index < -0.39 is 0 Å². The fraction of sp³-hybridized carbons (Fsp3) is 0.462. The lowest BCUT2D eigenvalue weighted by molar-refractivity contribution is 0.304. The number of oxime groups is 1. The molecule has 4 nitrogen and oxygen atoms in total. The summed E-state index contributed by atoms with van der Waals surface area (Å²) in [5.41, 5.74) is 7.72. The van der Waals surface area contributed by atoms with Crippen LogP contribution in [0.3, 0.4) is 0 Å². The van der Waals surface area contributed by atoms with Gasteiger partial charge in [0.2, 0.25) is 0 Å². The summed E-state index contributed by atoms with van der Waals surface area (Å²) in [7, 11) is 0. The van der Waals surface area contributed by atoms with E-state index in [2.05, 4.69) is 31.1 Å². The van der Waals surface area contributed by atoms with Crippen molar-refractivity contribution in [3.8, 4) is 5.75 Å². The molecule has 0 amide bonds. The van der Waals surface area contributed by atoms with Gasteiger partial charge in [-0.3, -0.25) is 0 Å². The summed E-state index contributed by atoms with van der Waals surface area (Å²) in [6, 6.07) is 6.17. The van der Waals surface area contributed by atoms with E-state index in [1.807, 2.05) is 13.0 Å². The van der Waals surface area contributed by atoms with Gasteiger partial charge < -0.3 is 15.7 Å². The number of aryl methyl sites for hydroxylation is 1. The molecule has 0 fully saturated rings. The van der Waals surface area contributed by atoms with Crippen molar-refractivity contribution in [3.63, 3.8) is 0 Å². The van der Waals surface area contributed by atoms with Crippen molar-refractivity contribution in [2.45, 2.75) is 33.1 Å². The lowest BCUT2D eigenvalue weighted by Gasteiger charge is -2.14. The summed E-state index contributed by atoms with van der Waals surface area (Å²) in [5, 5.41) is 11.3. The lowest BCUT2D eigenvalue weighted by atomic mass is 10.0. The van der Waals surface area contributed by atoms with Gasteiger partial charge in [-0.15, -0.1) is 0 Å². The Morgan fingerprint density at radius 3 is 2.76 bits per heavy atom. The molecule has 4 heteroatoms. The molecule has 0 spiro atoms. The quantitative estimate of drug-likeness (QED) is 0.357. The van der Waals surface area contributed by atoms with Crippen molar-refractivity contribution >= 4 is 5.84 Å². The van der Waals surface area contributed by atoms with Gasteiger partial charge in [-0.05, 0) is 30.0 Å². The van der Waals surface area contributed by atoms with Crippen LogP contribution < -0.4 is 10.5 Å². The smallest absolute Gasteiger partial charge is 0.142 e. The zero-order valence-electron chi connectivity index (χ0n) is 10.6. The largest absolute Gasteiger partial charge is 0.493 e. The van der Waals surface area contributed by atoms with Crippen LogP contribution in [0, 0.1) is 6.92 Å². The Morgan fingerprint density at radius 1 is 1.47 bits per heavy atom. The van der Waals surface area contributed by atoms with Gasteiger partial charge >= 0.3 is 0 Å². The SMILES string of the molecule is Cc1ccc(C(C)C)c(OCC/C(N)=N/O)c1. The molecular weight excluding hydrogens is 216 g/mol. The van der Waals surface area contributed by atoms with Gasteiger partial charge in [0.25, 0.3) is 0 Å². The molecule has 0 aliphatic carbocycles. The molecular formula is C13H20N2O2. The van der Waals surface area contributed by atoms with E-state index >= 15 is 0 Å². The van der Waals surface area contributed by atoms with Crippen LogP contribution in [0.2, 0.25) is 0 Å². The van der Waals surface area contributed by atoms with E-state index in [-0.39, 0.29) is 5.84 Å². The van der Waals surface area contributed by atoms with Crippen LogP contribution in [-0.4, -0.2) is 17.6 Å². The number of rotatable bonds is 5. The van der Waals surface area contributed by atoms with E-state index in [1.165, 1.54) is 5.56 Å². The number of hydrogen-bond donors (Lipinski definition) is 2. The van der Waals surface area contributed by atoms with Crippen molar-refractivity contribution < 1.29 is 9.94 Å². The van der Waals surface area contributed by atoms with Crippen LogP contribution in [0.15, 0.2) is 23.4 Å². The maximum absolute atomic E-state index is 8.43. The Balaban J connectivity index is 2.72. The van der Waals surface area contributed by atoms with Gasteiger partial charge in [-0.2, -0.15) is 0 Å².